The molecule has 0 amide bonds. The number of thioether (sulfide) groups is 1. The normalized spacial score (nSPS) is 26.2. The number of rotatable bonds is 2. The van der Waals surface area contributed by atoms with Crippen molar-refractivity contribution in [3.63, 3.8) is 0 Å². The van der Waals surface area contributed by atoms with Crippen molar-refractivity contribution in [2.75, 3.05) is 12.3 Å². The van der Waals surface area contributed by atoms with Crippen LogP contribution in [0.1, 0.15) is 26.2 Å². The Bertz CT molecular complexity index is 187. The number of aliphatic imine (C=N–C) groups is 1. The summed E-state index contributed by atoms with van der Waals surface area (Å²) in [6.45, 7) is 3.29. The van der Waals surface area contributed by atoms with Gasteiger partial charge in [0.2, 0.25) is 0 Å². The van der Waals surface area contributed by atoms with Crippen molar-refractivity contribution in [1.29, 1.82) is 0 Å². The number of hydrogen-bond donors (Lipinski definition) is 1. The molecule has 0 radical (unpaired) electrons. The fraction of sp³-hybridized carbons (Fsp3) is 0.889. The lowest BCUT2D eigenvalue weighted by atomic mass is 9.80. The van der Waals surface area contributed by atoms with Gasteiger partial charge in [0, 0.05) is 11.8 Å². The van der Waals surface area contributed by atoms with Crippen LogP contribution in [0.25, 0.3) is 0 Å². The van der Waals surface area contributed by atoms with E-state index in [2.05, 4.69) is 17.2 Å². The smallest absolute Gasteiger partial charge is 0.156 e. The Morgan fingerprint density at radius 1 is 1.58 bits per heavy atom. The second kappa shape index (κ2) is 3.69. The molecule has 0 aromatic carbocycles. The summed E-state index contributed by atoms with van der Waals surface area (Å²) >= 11 is 1.86. The molecule has 1 atom stereocenters. The van der Waals surface area contributed by atoms with Gasteiger partial charge in [0.1, 0.15) is 0 Å². The maximum absolute atomic E-state index is 4.38. The van der Waals surface area contributed by atoms with Crippen LogP contribution in [-0.4, -0.2) is 23.5 Å². The van der Waals surface area contributed by atoms with E-state index in [9.17, 15) is 0 Å². The minimum Gasteiger partial charge on any atom is -0.362 e. The third-order valence-electron chi connectivity index (χ3n) is 2.79. The highest BCUT2D eigenvalue weighted by Gasteiger charge is 2.24. The fourth-order valence-electron chi connectivity index (χ4n) is 1.67. The highest BCUT2D eigenvalue weighted by Crippen LogP contribution is 2.29. The molecule has 1 unspecified atom stereocenters. The summed E-state index contributed by atoms with van der Waals surface area (Å²) in [5, 5.41) is 4.67. The SMILES string of the molecule is CC(NC1=NCCS1)C1CCC1. The summed E-state index contributed by atoms with van der Waals surface area (Å²) in [5.74, 6) is 2.08. The van der Waals surface area contributed by atoms with E-state index in [1.807, 2.05) is 11.8 Å². The molecular formula is C9H16N2S. The van der Waals surface area contributed by atoms with Crippen LogP contribution in [-0.2, 0) is 0 Å². The molecule has 12 heavy (non-hydrogen) atoms. The fourth-order valence-corrected chi connectivity index (χ4v) is 2.50. The zero-order valence-corrected chi connectivity index (χ0v) is 8.36. The van der Waals surface area contributed by atoms with Crippen LogP contribution in [0.15, 0.2) is 4.99 Å². The van der Waals surface area contributed by atoms with Crippen molar-refractivity contribution < 1.29 is 0 Å². The van der Waals surface area contributed by atoms with E-state index in [1.54, 1.807) is 0 Å². The Morgan fingerprint density at radius 3 is 2.92 bits per heavy atom. The van der Waals surface area contributed by atoms with E-state index in [-0.39, 0.29) is 0 Å². The molecular weight excluding hydrogens is 168 g/mol. The van der Waals surface area contributed by atoms with Crippen LogP contribution >= 0.6 is 11.8 Å². The number of nitrogens with one attached hydrogen (secondary N) is 1. The minimum absolute atomic E-state index is 0.642. The molecule has 2 aliphatic rings. The van der Waals surface area contributed by atoms with E-state index in [1.165, 1.54) is 30.2 Å². The molecule has 0 saturated heterocycles. The Kier molecular flexibility index (Phi) is 2.59. The molecule has 3 heteroatoms. The van der Waals surface area contributed by atoms with Crippen molar-refractivity contribution in [2.45, 2.75) is 32.2 Å². The van der Waals surface area contributed by atoms with Crippen LogP contribution in [0.3, 0.4) is 0 Å². The zero-order chi connectivity index (χ0) is 8.39. The maximum atomic E-state index is 4.38. The molecule has 1 aliphatic heterocycles. The van der Waals surface area contributed by atoms with Crippen molar-refractivity contribution in [2.24, 2.45) is 10.9 Å². The summed E-state index contributed by atoms with van der Waals surface area (Å²) in [6, 6.07) is 0.642. The topological polar surface area (TPSA) is 24.4 Å². The van der Waals surface area contributed by atoms with Gasteiger partial charge < -0.3 is 5.32 Å². The van der Waals surface area contributed by atoms with Crippen LogP contribution < -0.4 is 5.32 Å². The first-order chi connectivity index (χ1) is 5.86. The molecule has 0 aromatic rings. The third kappa shape index (κ3) is 1.76. The van der Waals surface area contributed by atoms with E-state index < -0.39 is 0 Å². The van der Waals surface area contributed by atoms with Crippen molar-refractivity contribution >= 4 is 16.9 Å². The van der Waals surface area contributed by atoms with Gasteiger partial charge in [-0.15, -0.1) is 0 Å². The number of nitrogens with zero attached hydrogens (tertiary/aromatic N) is 1. The first-order valence-corrected chi connectivity index (χ1v) is 5.78. The molecule has 1 heterocycles. The first-order valence-electron chi connectivity index (χ1n) is 4.80. The van der Waals surface area contributed by atoms with Crippen LogP contribution in [0, 0.1) is 5.92 Å². The van der Waals surface area contributed by atoms with Crippen LogP contribution in [0.4, 0.5) is 0 Å². The van der Waals surface area contributed by atoms with Gasteiger partial charge in [-0.25, -0.2) is 0 Å². The molecule has 68 valence electrons. The number of amidine groups is 1. The van der Waals surface area contributed by atoms with Gasteiger partial charge in [-0.3, -0.25) is 4.99 Å². The van der Waals surface area contributed by atoms with E-state index in [0.717, 1.165) is 12.5 Å². The summed E-state index contributed by atoms with van der Waals surface area (Å²) < 4.78 is 0. The first kappa shape index (κ1) is 8.42. The largest absolute Gasteiger partial charge is 0.362 e. The minimum atomic E-state index is 0.642. The monoisotopic (exact) mass is 184 g/mol. The van der Waals surface area contributed by atoms with E-state index in [0.29, 0.717) is 6.04 Å². The Hall–Kier alpha value is -0.180. The predicted octanol–water partition coefficient (Wildman–Crippen LogP) is 1.87. The number of hydrogen-bond acceptors (Lipinski definition) is 3. The van der Waals surface area contributed by atoms with Gasteiger partial charge in [0.05, 0.1) is 6.54 Å². The maximum Gasteiger partial charge on any atom is 0.156 e. The molecule has 1 fully saturated rings. The molecule has 1 aliphatic carbocycles. The van der Waals surface area contributed by atoms with E-state index >= 15 is 0 Å². The molecule has 2 rings (SSSR count). The molecule has 0 aromatic heterocycles. The van der Waals surface area contributed by atoms with Crippen molar-refractivity contribution in [3.8, 4) is 0 Å². The van der Waals surface area contributed by atoms with Gasteiger partial charge in [0.15, 0.2) is 5.17 Å². The second-order valence-corrected chi connectivity index (χ2v) is 4.74. The average Bonchev–Trinajstić information content (AvgIpc) is 2.34. The van der Waals surface area contributed by atoms with Gasteiger partial charge in [-0.2, -0.15) is 0 Å². The van der Waals surface area contributed by atoms with Gasteiger partial charge in [-0.1, -0.05) is 18.2 Å². The van der Waals surface area contributed by atoms with Crippen LogP contribution in [0.5, 0.6) is 0 Å². The summed E-state index contributed by atoms with van der Waals surface area (Å²) in [5.41, 5.74) is 0. The van der Waals surface area contributed by atoms with E-state index in [4.69, 9.17) is 0 Å². The average molecular weight is 184 g/mol. The third-order valence-corrected chi connectivity index (χ3v) is 3.70. The summed E-state index contributed by atoms with van der Waals surface area (Å²) in [7, 11) is 0. The van der Waals surface area contributed by atoms with Crippen molar-refractivity contribution in [3.05, 3.63) is 0 Å². The Morgan fingerprint density at radius 2 is 2.42 bits per heavy atom. The predicted molar refractivity (Wildman–Crippen MR) is 54.7 cm³/mol. The highest BCUT2D eigenvalue weighted by atomic mass is 32.2. The molecule has 0 bridgehead atoms. The lowest BCUT2D eigenvalue weighted by Gasteiger charge is -2.32. The highest BCUT2D eigenvalue weighted by molar-refractivity contribution is 8.14. The molecule has 1 saturated carbocycles. The summed E-state index contributed by atoms with van der Waals surface area (Å²) in [6.07, 6.45) is 4.24. The van der Waals surface area contributed by atoms with Crippen molar-refractivity contribution in [1.82, 2.24) is 5.32 Å². The van der Waals surface area contributed by atoms with Gasteiger partial charge >= 0.3 is 0 Å². The summed E-state index contributed by atoms with van der Waals surface area (Å²) in [4.78, 5) is 4.38. The standard InChI is InChI=1S/C9H16N2S/c1-7(8-3-2-4-8)11-9-10-5-6-12-9/h7-8H,2-6H2,1H3,(H,10,11). The molecule has 2 nitrogen and oxygen atoms in total. The van der Waals surface area contributed by atoms with Gasteiger partial charge in [-0.05, 0) is 25.7 Å². The molecule has 0 spiro atoms. The zero-order valence-electron chi connectivity index (χ0n) is 7.55. The van der Waals surface area contributed by atoms with Gasteiger partial charge in [0.25, 0.3) is 0 Å². The Labute approximate surface area is 78.2 Å². The lowest BCUT2D eigenvalue weighted by Crippen LogP contribution is -2.39. The Balaban J connectivity index is 1.77. The molecule has 1 N–H and O–H groups in total. The lowest BCUT2D eigenvalue weighted by molar-refractivity contribution is 0.259. The second-order valence-electron chi connectivity index (χ2n) is 3.66. The van der Waals surface area contributed by atoms with Crippen LogP contribution in [0.2, 0.25) is 0 Å². The quantitative estimate of drug-likeness (QED) is 0.708.